The van der Waals surface area contributed by atoms with Crippen molar-refractivity contribution in [1.29, 1.82) is 0 Å². The highest BCUT2D eigenvalue weighted by Gasteiger charge is 2.29. The molecular weight excluding hydrogens is 407 g/mol. The van der Waals surface area contributed by atoms with E-state index in [0.29, 0.717) is 22.8 Å². The van der Waals surface area contributed by atoms with Gasteiger partial charge in [0.05, 0.1) is 12.0 Å². The number of carbonyl (C=O) groups is 1. The van der Waals surface area contributed by atoms with Gasteiger partial charge in [0, 0.05) is 19.5 Å². The predicted octanol–water partition coefficient (Wildman–Crippen LogP) is 5.57. The molecule has 2 aromatic rings. The third-order valence-electron chi connectivity index (χ3n) is 3.19. The van der Waals surface area contributed by atoms with E-state index in [2.05, 4.69) is 31.9 Å². The Morgan fingerprint density at radius 1 is 1.15 bits per heavy atom. The molecule has 20 heavy (non-hydrogen) atoms. The molecule has 0 amide bonds. The molecule has 2 nitrogen and oxygen atoms in total. The van der Waals surface area contributed by atoms with Crippen molar-refractivity contribution in [3.63, 3.8) is 0 Å². The van der Waals surface area contributed by atoms with Crippen molar-refractivity contribution in [3.8, 4) is 5.75 Å². The van der Waals surface area contributed by atoms with Crippen LogP contribution in [0.5, 0.6) is 5.75 Å². The first-order valence-corrected chi connectivity index (χ1v) is 7.95. The number of carbonyl (C=O) groups excluding carboxylic acids is 1. The smallest absolute Gasteiger partial charge is 0.170 e. The van der Waals surface area contributed by atoms with Crippen molar-refractivity contribution in [2.45, 2.75) is 12.5 Å². The van der Waals surface area contributed by atoms with E-state index in [1.807, 2.05) is 24.3 Å². The lowest BCUT2D eigenvalue weighted by molar-refractivity contribution is 0.0849. The van der Waals surface area contributed by atoms with Gasteiger partial charge in [0.25, 0.3) is 0 Å². The average Bonchev–Trinajstić information content (AvgIpc) is 2.42. The Morgan fingerprint density at radius 2 is 1.95 bits per heavy atom. The zero-order chi connectivity index (χ0) is 14.3. The van der Waals surface area contributed by atoms with E-state index in [-0.39, 0.29) is 11.9 Å². The topological polar surface area (TPSA) is 26.3 Å². The van der Waals surface area contributed by atoms with Gasteiger partial charge in [-0.05, 0) is 36.4 Å². The summed E-state index contributed by atoms with van der Waals surface area (Å²) in [4.78, 5) is 12.3. The summed E-state index contributed by atoms with van der Waals surface area (Å²) in [6.07, 6.45) is -0.00758. The van der Waals surface area contributed by atoms with E-state index in [1.54, 1.807) is 12.1 Å². The molecule has 0 bridgehead atoms. The lowest BCUT2D eigenvalue weighted by Crippen LogP contribution is -2.20. The summed E-state index contributed by atoms with van der Waals surface area (Å²) >= 11 is 12.9. The first-order valence-electron chi connectivity index (χ1n) is 5.99. The Balaban J connectivity index is 2.01. The Bertz CT molecular complexity index is 700. The Labute approximate surface area is 138 Å². The van der Waals surface area contributed by atoms with Crippen molar-refractivity contribution >= 4 is 49.2 Å². The molecule has 3 rings (SSSR count). The van der Waals surface area contributed by atoms with Gasteiger partial charge in [-0.2, -0.15) is 0 Å². The lowest BCUT2D eigenvalue weighted by Gasteiger charge is -2.26. The first kappa shape index (κ1) is 14.1. The molecule has 0 spiro atoms. The summed E-state index contributed by atoms with van der Waals surface area (Å²) in [6.45, 7) is 0. The van der Waals surface area contributed by atoms with Crippen molar-refractivity contribution in [2.24, 2.45) is 0 Å². The van der Waals surface area contributed by atoms with Crippen LogP contribution in [0.3, 0.4) is 0 Å². The van der Waals surface area contributed by atoms with E-state index in [4.69, 9.17) is 16.3 Å². The largest absolute Gasteiger partial charge is 0.484 e. The number of fused-ring (bicyclic) bond motifs is 1. The van der Waals surface area contributed by atoms with E-state index in [0.717, 1.165) is 14.5 Å². The van der Waals surface area contributed by atoms with Crippen LogP contribution in [-0.4, -0.2) is 5.78 Å². The molecule has 0 aromatic heterocycles. The minimum Gasteiger partial charge on any atom is -0.484 e. The number of rotatable bonds is 1. The molecule has 0 saturated heterocycles. The summed E-state index contributed by atoms with van der Waals surface area (Å²) in [5, 5.41) is 0.626. The molecule has 1 aliphatic heterocycles. The fourth-order valence-corrected chi connectivity index (χ4v) is 3.27. The number of hydrogen-bond donors (Lipinski definition) is 0. The van der Waals surface area contributed by atoms with Gasteiger partial charge >= 0.3 is 0 Å². The maximum Gasteiger partial charge on any atom is 0.170 e. The Hall–Kier alpha value is -0.840. The van der Waals surface area contributed by atoms with Gasteiger partial charge < -0.3 is 4.74 Å². The Kier molecular flexibility index (Phi) is 3.89. The molecule has 102 valence electrons. The fourth-order valence-electron chi connectivity index (χ4n) is 2.23. The van der Waals surface area contributed by atoms with Crippen LogP contribution < -0.4 is 4.74 Å². The van der Waals surface area contributed by atoms with Gasteiger partial charge in [0.15, 0.2) is 5.78 Å². The van der Waals surface area contributed by atoms with Crippen molar-refractivity contribution in [2.75, 3.05) is 0 Å². The molecule has 0 fully saturated rings. The van der Waals surface area contributed by atoms with E-state index in [9.17, 15) is 4.79 Å². The predicted molar refractivity (Wildman–Crippen MR) is 85.6 cm³/mol. The van der Waals surface area contributed by atoms with Crippen LogP contribution in [0.4, 0.5) is 0 Å². The SMILES string of the molecule is O=C1CC(c2cc(Cl)ccc2Br)Oc2ccc(Br)cc21. The van der Waals surface area contributed by atoms with Crippen molar-refractivity contribution < 1.29 is 9.53 Å². The first-order chi connectivity index (χ1) is 9.54. The average molecular weight is 416 g/mol. The molecule has 0 saturated carbocycles. The molecule has 5 heteroatoms. The molecule has 1 heterocycles. The second-order valence-corrected chi connectivity index (χ2v) is 6.75. The van der Waals surface area contributed by atoms with Gasteiger partial charge in [0.2, 0.25) is 0 Å². The maximum absolute atomic E-state index is 12.3. The molecule has 0 N–H and O–H groups in total. The summed E-state index contributed by atoms with van der Waals surface area (Å²) in [5.41, 5.74) is 1.51. The highest BCUT2D eigenvalue weighted by atomic mass is 79.9. The number of ketones is 1. The maximum atomic E-state index is 12.3. The number of Topliss-reactive ketones (excluding diaryl/α,β-unsaturated/α-hetero) is 1. The molecule has 0 radical (unpaired) electrons. The third-order valence-corrected chi connectivity index (χ3v) is 4.64. The summed E-state index contributed by atoms with van der Waals surface area (Å²) < 4.78 is 7.71. The summed E-state index contributed by atoms with van der Waals surface area (Å²) in [6, 6.07) is 10.9. The molecule has 1 unspecified atom stereocenters. The number of halogens is 3. The minimum atomic E-state index is -0.316. The molecule has 1 aliphatic rings. The van der Waals surface area contributed by atoms with E-state index in [1.165, 1.54) is 0 Å². The third kappa shape index (κ3) is 2.65. The molecule has 2 aromatic carbocycles. The summed E-state index contributed by atoms with van der Waals surface area (Å²) in [7, 11) is 0. The van der Waals surface area contributed by atoms with Crippen LogP contribution in [0.25, 0.3) is 0 Å². The second-order valence-electron chi connectivity index (χ2n) is 4.54. The molecule has 1 atom stereocenters. The number of ether oxygens (including phenoxy) is 1. The molecular formula is C15H9Br2ClO2. The number of hydrogen-bond acceptors (Lipinski definition) is 2. The van der Waals surface area contributed by atoms with Crippen molar-refractivity contribution in [3.05, 3.63) is 61.5 Å². The summed E-state index contributed by atoms with van der Waals surface area (Å²) in [5.74, 6) is 0.686. The van der Waals surface area contributed by atoms with Gasteiger partial charge in [0.1, 0.15) is 11.9 Å². The van der Waals surface area contributed by atoms with Gasteiger partial charge in [-0.15, -0.1) is 0 Å². The second kappa shape index (κ2) is 5.51. The highest BCUT2D eigenvalue weighted by molar-refractivity contribution is 9.10. The van der Waals surface area contributed by atoms with Gasteiger partial charge in [-0.3, -0.25) is 4.79 Å². The van der Waals surface area contributed by atoms with Gasteiger partial charge in [-0.25, -0.2) is 0 Å². The monoisotopic (exact) mass is 414 g/mol. The standard InChI is InChI=1S/C15H9Br2ClO2/c16-8-1-4-14-11(5-8)13(19)7-15(20-14)10-6-9(18)2-3-12(10)17/h1-6,15H,7H2. The zero-order valence-corrected chi connectivity index (χ0v) is 14.1. The van der Waals surface area contributed by atoms with Crippen LogP contribution >= 0.6 is 43.5 Å². The van der Waals surface area contributed by atoms with E-state index >= 15 is 0 Å². The van der Waals surface area contributed by atoms with Crippen LogP contribution in [-0.2, 0) is 0 Å². The normalized spacial score (nSPS) is 17.6. The fraction of sp³-hybridized carbons (Fsp3) is 0.133. The van der Waals surface area contributed by atoms with Crippen LogP contribution in [0, 0.1) is 0 Å². The van der Waals surface area contributed by atoms with Crippen LogP contribution in [0.15, 0.2) is 45.3 Å². The quantitative estimate of drug-likeness (QED) is 0.607. The van der Waals surface area contributed by atoms with E-state index < -0.39 is 0 Å². The van der Waals surface area contributed by atoms with Crippen LogP contribution in [0.1, 0.15) is 28.4 Å². The van der Waals surface area contributed by atoms with Crippen LogP contribution in [0.2, 0.25) is 5.02 Å². The zero-order valence-electron chi connectivity index (χ0n) is 10.2. The number of benzene rings is 2. The molecule has 0 aliphatic carbocycles. The minimum absolute atomic E-state index is 0.0735. The lowest BCUT2D eigenvalue weighted by atomic mass is 9.96. The van der Waals surface area contributed by atoms with Crippen molar-refractivity contribution in [1.82, 2.24) is 0 Å². The van der Waals surface area contributed by atoms with Gasteiger partial charge in [-0.1, -0.05) is 43.5 Å². The highest BCUT2D eigenvalue weighted by Crippen LogP contribution is 2.39. The Morgan fingerprint density at radius 3 is 2.75 bits per heavy atom.